The van der Waals surface area contributed by atoms with Crippen molar-refractivity contribution in [2.75, 3.05) is 5.73 Å². The molecular formula is C13H20BrFN2O2S. The van der Waals surface area contributed by atoms with Crippen LogP contribution in [0.4, 0.5) is 10.1 Å². The molecule has 0 aliphatic carbocycles. The highest BCUT2D eigenvalue weighted by Gasteiger charge is 2.31. The number of halogens is 2. The highest BCUT2D eigenvalue weighted by molar-refractivity contribution is 9.10. The largest absolute Gasteiger partial charge is 0.396 e. The Morgan fingerprint density at radius 1 is 1.25 bits per heavy atom. The Balaban J connectivity index is 3.28. The molecule has 0 saturated carbocycles. The van der Waals surface area contributed by atoms with Gasteiger partial charge in [0.15, 0.2) is 0 Å². The van der Waals surface area contributed by atoms with Gasteiger partial charge < -0.3 is 5.73 Å². The molecule has 0 atom stereocenters. The van der Waals surface area contributed by atoms with E-state index in [0.717, 1.165) is 12.1 Å². The van der Waals surface area contributed by atoms with Gasteiger partial charge in [0.05, 0.1) is 10.6 Å². The number of anilines is 1. The van der Waals surface area contributed by atoms with Crippen LogP contribution in [-0.2, 0) is 10.0 Å². The lowest BCUT2D eigenvalue weighted by Crippen LogP contribution is -2.47. The van der Waals surface area contributed by atoms with E-state index in [4.69, 9.17) is 5.73 Å². The first-order chi connectivity index (χ1) is 9.21. The maximum absolute atomic E-state index is 13.3. The molecule has 0 amide bonds. The highest BCUT2D eigenvalue weighted by atomic mass is 79.9. The first-order valence-corrected chi connectivity index (χ1v) is 8.77. The molecule has 0 unspecified atom stereocenters. The van der Waals surface area contributed by atoms with E-state index in [9.17, 15) is 12.8 Å². The standard InChI is InChI=1S/C13H20BrFN2O2S/c1-4-13(5-2,6-3)17-20(18,19)12-8-11(16)10(15)7-9(12)14/h7-8,17H,4-6,16H2,1-3H3. The number of benzene rings is 1. The van der Waals surface area contributed by atoms with Gasteiger partial charge in [-0.3, -0.25) is 0 Å². The molecule has 0 spiro atoms. The minimum atomic E-state index is -3.77. The molecular weight excluding hydrogens is 347 g/mol. The normalized spacial score (nSPS) is 12.7. The van der Waals surface area contributed by atoms with Crippen molar-refractivity contribution >= 4 is 31.6 Å². The van der Waals surface area contributed by atoms with Crippen LogP contribution >= 0.6 is 15.9 Å². The summed E-state index contributed by atoms with van der Waals surface area (Å²) < 4.78 is 41.2. The Morgan fingerprint density at radius 3 is 2.20 bits per heavy atom. The molecule has 0 aliphatic rings. The maximum atomic E-state index is 13.3. The lowest BCUT2D eigenvalue weighted by atomic mass is 9.91. The van der Waals surface area contributed by atoms with E-state index in [1.54, 1.807) is 0 Å². The average Bonchev–Trinajstić information content (AvgIpc) is 2.40. The number of hydrogen-bond donors (Lipinski definition) is 2. The summed E-state index contributed by atoms with van der Waals surface area (Å²) in [6.07, 6.45) is 2.02. The molecule has 0 heterocycles. The second kappa shape index (κ2) is 6.41. The Kier molecular flexibility index (Phi) is 5.57. The third-order valence-electron chi connectivity index (χ3n) is 3.72. The van der Waals surface area contributed by atoms with Crippen LogP contribution in [-0.4, -0.2) is 14.0 Å². The van der Waals surface area contributed by atoms with Gasteiger partial charge in [0.25, 0.3) is 0 Å². The number of nitrogen functional groups attached to an aromatic ring is 1. The maximum Gasteiger partial charge on any atom is 0.242 e. The zero-order chi connectivity index (χ0) is 15.6. The van der Waals surface area contributed by atoms with E-state index < -0.39 is 21.4 Å². The second-order valence-electron chi connectivity index (χ2n) is 4.75. The predicted molar refractivity (Wildman–Crippen MR) is 82.4 cm³/mol. The topological polar surface area (TPSA) is 72.2 Å². The van der Waals surface area contributed by atoms with Gasteiger partial charge in [-0.1, -0.05) is 20.8 Å². The zero-order valence-electron chi connectivity index (χ0n) is 11.8. The quantitative estimate of drug-likeness (QED) is 0.757. The summed E-state index contributed by atoms with van der Waals surface area (Å²) in [7, 11) is -3.77. The predicted octanol–water partition coefficient (Wildman–Crippen LogP) is 3.42. The molecule has 0 bridgehead atoms. The van der Waals surface area contributed by atoms with E-state index in [1.165, 1.54) is 0 Å². The van der Waals surface area contributed by atoms with Gasteiger partial charge in [-0.25, -0.2) is 17.5 Å². The monoisotopic (exact) mass is 366 g/mol. The van der Waals surface area contributed by atoms with Gasteiger partial charge in [-0.15, -0.1) is 0 Å². The van der Waals surface area contributed by atoms with Crippen LogP contribution in [0.15, 0.2) is 21.5 Å². The summed E-state index contributed by atoms with van der Waals surface area (Å²) in [5.41, 5.74) is 4.77. The van der Waals surface area contributed by atoms with E-state index >= 15 is 0 Å². The number of nitrogens with two attached hydrogens (primary N) is 1. The van der Waals surface area contributed by atoms with E-state index in [1.807, 2.05) is 20.8 Å². The van der Waals surface area contributed by atoms with Crippen molar-refractivity contribution in [1.82, 2.24) is 4.72 Å². The van der Waals surface area contributed by atoms with Crippen LogP contribution in [0.2, 0.25) is 0 Å². The Bertz CT molecular complexity index is 578. The van der Waals surface area contributed by atoms with Crippen LogP contribution < -0.4 is 10.5 Å². The molecule has 0 saturated heterocycles. The lowest BCUT2D eigenvalue weighted by Gasteiger charge is -2.31. The molecule has 7 heteroatoms. The van der Waals surface area contributed by atoms with Crippen molar-refractivity contribution in [1.29, 1.82) is 0 Å². The van der Waals surface area contributed by atoms with Crippen molar-refractivity contribution < 1.29 is 12.8 Å². The van der Waals surface area contributed by atoms with Gasteiger partial charge in [-0.05, 0) is 47.3 Å². The Hall–Kier alpha value is -0.660. The minimum Gasteiger partial charge on any atom is -0.396 e. The molecule has 1 rings (SSSR count). The number of hydrogen-bond acceptors (Lipinski definition) is 3. The van der Waals surface area contributed by atoms with Crippen LogP contribution in [0.5, 0.6) is 0 Å². The molecule has 0 radical (unpaired) electrons. The molecule has 1 aromatic rings. The fourth-order valence-corrected chi connectivity index (χ4v) is 4.72. The zero-order valence-corrected chi connectivity index (χ0v) is 14.2. The average molecular weight is 367 g/mol. The number of sulfonamides is 1. The smallest absolute Gasteiger partial charge is 0.242 e. The summed E-state index contributed by atoms with van der Waals surface area (Å²) in [5.74, 6) is -0.649. The summed E-state index contributed by atoms with van der Waals surface area (Å²) in [5, 5.41) is 0. The fraction of sp³-hybridized carbons (Fsp3) is 0.538. The van der Waals surface area contributed by atoms with Crippen LogP contribution in [0.25, 0.3) is 0 Å². The summed E-state index contributed by atoms with van der Waals surface area (Å²) in [6, 6.07) is 2.20. The molecule has 0 fully saturated rings. The van der Waals surface area contributed by atoms with Crippen LogP contribution in [0.3, 0.4) is 0 Å². The van der Waals surface area contributed by atoms with Gasteiger partial charge in [-0.2, -0.15) is 0 Å². The fourth-order valence-electron chi connectivity index (χ4n) is 2.06. The summed E-state index contributed by atoms with van der Waals surface area (Å²) in [6.45, 7) is 5.80. The molecule has 0 aromatic heterocycles. The molecule has 114 valence electrons. The third-order valence-corrected chi connectivity index (χ3v) is 6.26. The van der Waals surface area contributed by atoms with E-state index in [2.05, 4.69) is 20.7 Å². The van der Waals surface area contributed by atoms with Crippen molar-refractivity contribution in [2.45, 2.75) is 50.5 Å². The Morgan fingerprint density at radius 2 is 1.75 bits per heavy atom. The van der Waals surface area contributed by atoms with E-state index in [-0.39, 0.29) is 15.1 Å². The minimum absolute atomic E-state index is 0.0453. The van der Waals surface area contributed by atoms with Crippen LogP contribution in [0, 0.1) is 5.82 Å². The van der Waals surface area contributed by atoms with Crippen molar-refractivity contribution in [3.63, 3.8) is 0 Å². The van der Waals surface area contributed by atoms with Crippen molar-refractivity contribution in [3.8, 4) is 0 Å². The van der Waals surface area contributed by atoms with E-state index in [0.29, 0.717) is 19.3 Å². The van der Waals surface area contributed by atoms with Crippen LogP contribution in [0.1, 0.15) is 40.0 Å². The first kappa shape index (κ1) is 17.4. The SMILES string of the molecule is CCC(CC)(CC)NS(=O)(=O)c1cc(N)c(F)cc1Br. The molecule has 1 aromatic carbocycles. The lowest BCUT2D eigenvalue weighted by molar-refractivity contribution is 0.341. The molecule has 3 N–H and O–H groups in total. The van der Waals surface area contributed by atoms with Gasteiger partial charge >= 0.3 is 0 Å². The van der Waals surface area contributed by atoms with Gasteiger partial charge in [0, 0.05) is 10.0 Å². The third kappa shape index (κ3) is 3.51. The molecule has 20 heavy (non-hydrogen) atoms. The summed E-state index contributed by atoms with van der Waals surface area (Å²) >= 11 is 3.08. The number of nitrogens with one attached hydrogen (secondary N) is 1. The molecule has 0 aliphatic heterocycles. The van der Waals surface area contributed by atoms with Crippen molar-refractivity contribution in [3.05, 3.63) is 22.4 Å². The van der Waals surface area contributed by atoms with Gasteiger partial charge in [0.2, 0.25) is 10.0 Å². The first-order valence-electron chi connectivity index (χ1n) is 6.49. The highest BCUT2D eigenvalue weighted by Crippen LogP contribution is 2.29. The second-order valence-corrected chi connectivity index (χ2v) is 7.26. The van der Waals surface area contributed by atoms with Gasteiger partial charge in [0.1, 0.15) is 5.82 Å². The van der Waals surface area contributed by atoms with Crippen molar-refractivity contribution in [2.24, 2.45) is 0 Å². The number of rotatable bonds is 6. The Labute approximate surface area is 128 Å². The molecule has 4 nitrogen and oxygen atoms in total. The summed E-state index contributed by atoms with van der Waals surface area (Å²) in [4.78, 5) is -0.0453.